The van der Waals surface area contributed by atoms with E-state index < -0.39 is 792 Å². The molecule has 0 N–H and O–H groups in total. The molecule has 0 aliphatic heterocycles. The van der Waals surface area contributed by atoms with Gasteiger partial charge < -0.3 is 27.4 Å². The molecule has 29 rings (SSSR count). The summed E-state index contributed by atoms with van der Waals surface area (Å²) in [5, 5.41) is -6.88. The van der Waals surface area contributed by atoms with Crippen LogP contribution in [0.3, 0.4) is 0 Å². The summed E-state index contributed by atoms with van der Waals surface area (Å²) in [6.45, 7) is 3.84. The fraction of sp³-hybridized carbons (Fsp3) is 0.0213. The largest absolute Gasteiger partial charge is 0.309 e. The molecule has 0 unspecified atom stereocenters. The zero-order valence-corrected chi connectivity index (χ0v) is 74.7. The summed E-state index contributed by atoms with van der Waals surface area (Å²) in [5.74, 6) is 0. The topological polar surface area (TPSA) is 29.6 Å². The van der Waals surface area contributed by atoms with Crippen LogP contribution in [0.4, 0.5) is 0 Å². The summed E-state index contributed by atoms with van der Waals surface area (Å²) in [5.41, 5.74) is -27.4. The van der Waals surface area contributed by atoms with Crippen LogP contribution in [0.15, 0.2) is 538 Å². The van der Waals surface area contributed by atoms with E-state index in [1.165, 1.54) is 20.8 Å². The highest BCUT2D eigenvalue weighted by molar-refractivity contribution is 6.17. The quantitative estimate of drug-likeness (QED) is 0.104. The van der Waals surface area contributed by atoms with Gasteiger partial charge in [0.2, 0.25) is 0 Å². The fourth-order valence-electron chi connectivity index (χ4n) is 16.6. The molecule has 0 atom stereocenters. The van der Waals surface area contributed by atoms with Crippen LogP contribution >= 0.6 is 0 Å². The first-order valence-electron chi connectivity index (χ1n) is 88.0. The van der Waals surface area contributed by atoms with Crippen LogP contribution in [0.1, 0.15) is 139 Å². The molecule has 0 bridgehead atoms. The second-order valence-electron chi connectivity index (χ2n) is 31.8. The maximum Gasteiger partial charge on any atom is 0.0652 e. The molecule has 6 heteroatoms. The van der Waals surface area contributed by atoms with Crippen molar-refractivity contribution in [1.29, 1.82) is 0 Å². The van der Waals surface area contributed by atoms with Gasteiger partial charge in [0.05, 0.1) is 188 Å². The van der Waals surface area contributed by atoms with Crippen LogP contribution in [-0.2, 0) is 0 Å². The van der Waals surface area contributed by atoms with Gasteiger partial charge >= 0.3 is 0 Å². The molecule has 0 spiro atoms. The predicted molar refractivity (Wildman–Crippen MR) is 623 cm³/mol. The van der Waals surface area contributed by atoms with Crippen LogP contribution in [0.2, 0.25) is 0 Å². The Morgan fingerprint density at radius 1 is 0.109 bits per heavy atom. The number of hydrogen-bond donors (Lipinski definition) is 0. The van der Waals surface area contributed by atoms with Gasteiger partial charge in [-0.25, -0.2) is 0 Å². The molecule has 0 radical (unpaired) electrons. The third-order valence-corrected chi connectivity index (χ3v) is 23.1. The summed E-state index contributed by atoms with van der Waals surface area (Å²) in [4.78, 5) is 0. The van der Waals surface area contributed by atoms with E-state index in [1.54, 1.807) is 0 Å². The number of rotatable bonds is 14. The number of para-hydroxylation sites is 9. The number of nitrogens with zero attached hydrogens (tertiary/aromatic N) is 6. The van der Waals surface area contributed by atoms with Crippen molar-refractivity contribution in [3.05, 3.63) is 554 Å². The van der Waals surface area contributed by atoms with Crippen molar-refractivity contribution in [2.75, 3.05) is 0 Å². The van der Waals surface area contributed by atoms with E-state index >= 15 is 0 Å². The molecule has 0 aliphatic carbocycles. The molecule has 6 heterocycles. The Bertz CT molecular complexity index is 15600. The van der Waals surface area contributed by atoms with Gasteiger partial charge in [-0.3, -0.25) is 0 Å². The summed E-state index contributed by atoms with van der Waals surface area (Å²) in [7, 11) is 0. The van der Waals surface area contributed by atoms with Crippen molar-refractivity contribution in [2.24, 2.45) is 0 Å². The number of aromatic nitrogens is 6. The Kier molecular flexibility index (Phi) is 8.65. The first-order chi connectivity index (χ1) is 110. The average molecular weight is 1970 g/mol. The highest BCUT2D eigenvalue weighted by Crippen LogP contribution is 2.46. The van der Waals surface area contributed by atoms with Gasteiger partial charge in [-0.15, -0.1) is 0 Å². The van der Waals surface area contributed by atoms with Gasteiger partial charge in [0.15, 0.2) is 0 Å². The van der Waals surface area contributed by atoms with Gasteiger partial charge in [0.25, 0.3) is 0 Å². The van der Waals surface area contributed by atoms with E-state index in [0.29, 0.717) is 13.7 Å². The molecule has 0 aliphatic rings. The lowest BCUT2D eigenvalue weighted by atomic mass is 9.93. The molecule has 692 valence electrons. The molecule has 6 aromatic heterocycles. The smallest absolute Gasteiger partial charge is 0.0652 e. The van der Waals surface area contributed by atoms with Crippen molar-refractivity contribution >= 4 is 131 Å². The van der Waals surface area contributed by atoms with E-state index in [2.05, 4.69) is 0 Å². The average Bonchev–Trinajstić information content (AvgIpc) is 1.52. The molecule has 6 nitrogen and oxygen atoms in total. The van der Waals surface area contributed by atoms with E-state index in [0.717, 1.165) is 13.7 Å². The second kappa shape index (κ2) is 36.4. The van der Waals surface area contributed by atoms with E-state index in [1.807, 2.05) is 0 Å². The molecule has 0 fully saturated rings. The normalized spacial score (nSPS) is 20.1. The van der Waals surface area contributed by atoms with Crippen molar-refractivity contribution in [3.8, 4) is 123 Å². The zero-order chi connectivity index (χ0) is 175. The minimum atomic E-state index is -1.21. The molecular weight excluding hydrogens is 1780 g/mol. The molecule has 0 amide bonds. The first-order valence-corrected chi connectivity index (χ1v) is 43.5. The lowest BCUT2D eigenvalue weighted by Gasteiger charge is -2.15. The number of hydrogen-bond acceptors (Lipinski definition) is 0. The molecule has 29 aromatic rings. The monoisotopic (exact) mass is 1960 g/mol. The Morgan fingerprint density at radius 2 is 0.279 bits per heavy atom. The molecular formula is C141H98N6. The Morgan fingerprint density at radius 3 is 0.558 bits per heavy atom. The van der Waals surface area contributed by atoms with Gasteiger partial charge in [0, 0.05) is 98.8 Å². The Balaban J connectivity index is 0.000000156. The standard InChI is InChI=1S/2C49H34N2.C43H30N2/c1-33-19-21-35(22-20-33)38-29-37(34-11-3-2-4-12-34)30-39(31-38)36-23-25-40(26-24-36)50-48-18-10-7-15-44(48)45-32-41(27-28-49(45)50)51-46-16-8-5-13-42(46)43-14-6-9-17-47(43)51;1-33-19-21-35(22-20-33)36-23-25-37(26-24-36)39-29-38(34-11-3-2-4-12-34)30-41(31-39)51-48-18-10-7-15-44(48)45-32-40(27-28-49(45)51)50-46-16-8-5-13-42(46)43-14-6-9-17-47(43)50;1-29-17-19-30(20-18-29)31-21-23-32(24-22-31)33-9-8-10-34(27-33)44-42-16-7-4-13-38(42)39-28-35(25-26-43(39)44)45-40-14-5-2-11-36(40)37-12-3-6-15-41(37)45/h2*2-32H,1H3;2-28H,1H3/i2*2D,3D,4D,5D,6D,7D,8D,9D,10D,11D,12D,13D,14D,15D,16D,17D,18D,19D,20D,21D,22D,23D,24D,25D,26D,27D,28D,29D,30D,31D,32D;2D,3D,4D,5D,6D,7D,8D,9D,10D,11D,12D,13D,14D,15D,16D,17D,18D,19D,20D,21D,22D,23D,24D,25D,26D,27D,28D. The van der Waals surface area contributed by atoms with Gasteiger partial charge in [0.1, 0.15) is 0 Å². The Hall–Kier alpha value is -19.1. The van der Waals surface area contributed by atoms with Crippen LogP contribution in [0, 0.1) is 20.8 Å². The van der Waals surface area contributed by atoms with Crippen LogP contribution in [-0.4, -0.2) is 27.4 Å². The van der Waals surface area contributed by atoms with Gasteiger partial charge in [-0.05, 0) is 279 Å². The second-order valence-corrected chi connectivity index (χ2v) is 31.8. The van der Waals surface area contributed by atoms with E-state index in [4.69, 9.17) is 80.9 Å². The van der Waals surface area contributed by atoms with Crippen molar-refractivity contribution in [2.45, 2.75) is 20.8 Å². The van der Waals surface area contributed by atoms with Crippen LogP contribution in [0.25, 0.3) is 254 Å². The number of fused-ring (bicyclic) bond motifs is 18. The highest BCUT2D eigenvalue weighted by atomic mass is 15.0. The lowest BCUT2D eigenvalue weighted by Crippen LogP contribution is -1.97. The minimum Gasteiger partial charge on any atom is -0.309 e. The summed E-state index contributed by atoms with van der Waals surface area (Å²) in [6, 6.07) is -83.1. The first kappa shape index (κ1) is 34.9. The third-order valence-electron chi connectivity index (χ3n) is 23.1. The third kappa shape index (κ3) is 15.5. The highest BCUT2D eigenvalue weighted by Gasteiger charge is 2.24. The minimum absolute atomic E-state index is 0.0697. The predicted octanol–water partition coefficient (Wildman–Crippen LogP) is 37.9. The van der Waals surface area contributed by atoms with Gasteiger partial charge in [-0.1, -0.05) is 385 Å². The molecule has 23 aromatic carbocycles. The lowest BCUT2D eigenvalue weighted by molar-refractivity contribution is 1.17. The SMILES string of the molecule is [2H]c1c([2H])c(-c2c([2H])c([2H])c(-c3c([2H])c([2H])c(C)c([2H])c3[2H])c([2H])c2[2H])c([2H])c(-n2c3c([2H])c([2H])c([2H])c([2H])c3c3c([2H])c(-n4c5c([2H])c([2H])c([2H])c([2H])c5c5c([2H])c([2H])c([2H])c([2H])c54)c([2H])c([2H])c32)c1[2H].[2H]c1c([2H])c([2H])c(-c2c([2H])c(-c3c([2H])c([2H])c(-c4c([2H])c([2H])c(C)c([2H])c4[2H])c([2H])c3[2H])c([2H])c(-n3c4c([2H])c([2H])c([2H])c([2H])c4c4c([2H])c(-n5c6c([2H])c([2H])c([2H])c([2H])c6c6c([2H])c([2H])c([2H])c([2H])c65)c([2H])c([2H])c43)c2[2H])c([2H])c1[2H].[2H]c1c([2H])c([2H])c(-c2c([2H])c(-c3c([2H])c([2H])c(C)c([2H])c3[2H])c([2H])c(-c3c([2H])c([2H])c(-n4c5c([2H])c([2H])c([2H])c([2H])c5c5c([2H])c(-n6c7c([2H])c([2H])c([2H])c([2H])c7c7c([2H])c([2H])c([2H])c([2H])c76)c([2H])c([2H])c54)c([2H])c3[2H])c2[2H])c([2H])c1[2H]. The van der Waals surface area contributed by atoms with Gasteiger partial charge in [-0.2, -0.15) is 0 Å². The van der Waals surface area contributed by atoms with Crippen molar-refractivity contribution in [1.82, 2.24) is 27.4 Å². The van der Waals surface area contributed by atoms with E-state index in [-0.39, 0.29) is 16.7 Å². The van der Waals surface area contributed by atoms with E-state index in [9.17, 15) is 41.1 Å². The van der Waals surface area contributed by atoms with Crippen molar-refractivity contribution < 1.29 is 122 Å². The van der Waals surface area contributed by atoms with Crippen LogP contribution < -0.4 is 0 Å². The molecule has 0 saturated heterocycles. The summed E-state index contributed by atoms with van der Waals surface area (Å²) >= 11 is 0. The summed E-state index contributed by atoms with van der Waals surface area (Å²) in [6.07, 6.45) is 0. The maximum atomic E-state index is 10.0. The maximum absolute atomic E-state index is 10.0. The summed E-state index contributed by atoms with van der Waals surface area (Å²) < 4.78 is 807. The van der Waals surface area contributed by atoms with Crippen LogP contribution in [0.5, 0.6) is 0 Å². The molecule has 147 heavy (non-hydrogen) atoms. The zero-order valence-electron chi connectivity index (χ0n) is 164. The molecule has 0 saturated carbocycles. The Labute approximate surface area is 977 Å². The number of benzene rings is 23. The van der Waals surface area contributed by atoms with Crippen molar-refractivity contribution in [3.63, 3.8) is 0 Å². The fourth-order valence-corrected chi connectivity index (χ4v) is 16.6.